The first-order chi connectivity index (χ1) is 14.9. The number of fused-ring (bicyclic) bond motifs is 1. The summed E-state index contributed by atoms with van der Waals surface area (Å²) in [5, 5.41) is 0.948. The van der Waals surface area contributed by atoms with Crippen LogP contribution in [0.5, 0.6) is 0 Å². The Morgan fingerprint density at radius 2 is 1.87 bits per heavy atom. The predicted octanol–water partition coefficient (Wildman–Crippen LogP) is 5.08. The molecule has 0 N–H and O–H groups in total. The average Bonchev–Trinajstić information content (AvgIpc) is 2.78. The summed E-state index contributed by atoms with van der Waals surface area (Å²) in [5.74, 6) is 0.141. The van der Waals surface area contributed by atoms with Crippen LogP contribution in [0.15, 0.2) is 59.5 Å². The second kappa shape index (κ2) is 9.49. The lowest BCUT2D eigenvalue weighted by Crippen LogP contribution is -2.52. The van der Waals surface area contributed by atoms with Gasteiger partial charge in [0.2, 0.25) is 5.91 Å². The number of likely N-dealkylation sites (N-methyl/N-ethyl adjacent to an activating group) is 1. The third-order valence-electron chi connectivity index (χ3n) is 6.24. The molecule has 4 rings (SSSR count). The van der Waals surface area contributed by atoms with Crippen LogP contribution in [0.1, 0.15) is 30.4 Å². The Kier molecular flexibility index (Phi) is 6.73. The second-order valence-corrected chi connectivity index (χ2v) is 10.0. The van der Waals surface area contributed by atoms with Crippen molar-refractivity contribution >= 4 is 41.3 Å². The van der Waals surface area contributed by atoms with Gasteiger partial charge < -0.3 is 9.80 Å². The Labute approximate surface area is 193 Å². The van der Waals surface area contributed by atoms with Crippen molar-refractivity contribution in [1.29, 1.82) is 0 Å². The summed E-state index contributed by atoms with van der Waals surface area (Å²) >= 11 is 7.93. The van der Waals surface area contributed by atoms with E-state index >= 15 is 0 Å². The van der Waals surface area contributed by atoms with E-state index in [4.69, 9.17) is 11.6 Å². The maximum absolute atomic E-state index is 13.1. The molecule has 2 amide bonds. The maximum Gasteiger partial charge on any atom is 0.260 e. The van der Waals surface area contributed by atoms with E-state index in [-0.39, 0.29) is 23.8 Å². The molecule has 1 aliphatic carbocycles. The van der Waals surface area contributed by atoms with Crippen LogP contribution < -0.4 is 0 Å². The quantitative estimate of drug-likeness (QED) is 0.605. The fraction of sp³-hybridized carbons (Fsp3) is 0.360. The zero-order valence-electron chi connectivity index (χ0n) is 17.8. The minimum atomic E-state index is -0.0418. The van der Waals surface area contributed by atoms with Crippen LogP contribution in [-0.2, 0) is 16.1 Å². The number of thioether (sulfide) groups is 1. The highest BCUT2D eigenvalue weighted by Crippen LogP contribution is 2.43. The monoisotopic (exact) mass is 454 g/mol. The Hall–Kier alpha value is -2.24. The van der Waals surface area contributed by atoms with Gasteiger partial charge in [0.1, 0.15) is 0 Å². The van der Waals surface area contributed by atoms with Crippen molar-refractivity contribution in [2.24, 2.45) is 5.92 Å². The Bertz CT molecular complexity index is 994. The Morgan fingerprint density at radius 3 is 2.61 bits per heavy atom. The van der Waals surface area contributed by atoms with E-state index in [1.807, 2.05) is 84.6 Å². The van der Waals surface area contributed by atoms with Gasteiger partial charge >= 0.3 is 0 Å². The van der Waals surface area contributed by atoms with Crippen LogP contribution >= 0.6 is 23.4 Å². The molecule has 162 valence electrons. The molecule has 31 heavy (non-hydrogen) atoms. The van der Waals surface area contributed by atoms with E-state index in [1.165, 1.54) is 0 Å². The minimum absolute atomic E-state index is 0.0110. The van der Waals surface area contributed by atoms with E-state index in [1.54, 1.807) is 11.8 Å². The summed E-state index contributed by atoms with van der Waals surface area (Å²) in [6, 6.07) is 17.7. The minimum Gasteiger partial charge on any atom is -0.341 e. The molecular formula is C25H27ClN2O2S. The zero-order chi connectivity index (χ0) is 22.0. The maximum atomic E-state index is 13.1. The van der Waals surface area contributed by atoms with Crippen LogP contribution in [0.25, 0.3) is 6.08 Å². The van der Waals surface area contributed by atoms with E-state index in [0.29, 0.717) is 16.8 Å². The third-order valence-corrected chi connectivity index (χ3v) is 7.98. The molecule has 2 fully saturated rings. The average molecular weight is 455 g/mol. The van der Waals surface area contributed by atoms with Gasteiger partial charge in [0.25, 0.3) is 5.91 Å². The van der Waals surface area contributed by atoms with Crippen molar-refractivity contribution in [3.8, 4) is 0 Å². The zero-order valence-corrected chi connectivity index (χ0v) is 19.4. The Morgan fingerprint density at radius 1 is 1.16 bits per heavy atom. The number of nitrogens with zero attached hydrogens (tertiary/aromatic N) is 2. The van der Waals surface area contributed by atoms with Crippen molar-refractivity contribution in [3.05, 3.63) is 75.7 Å². The van der Waals surface area contributed by atoms with Crippen LogP contribution in [0.3, 0.4) is 0 Å². The molecule has 2 aromatic carbocycles. The van der Waals surface area contributed by atoms with E-state index in [2.05, 4.69) is 0 Å². The lowest BCUT2D eigenvalue weighted by Gasteiger charge is -2.44. The Balaban J connectivity index is 1.44. The summed E-state index contributed by atoms with van der Waals surface area (Å²) in [6.45, 7) is 0.610. The van der Waals surface area contributed by atoms with Crippen LogP contribution in [-0.4, -0.2) is 47.0 Å². The molecule has 1 heterocycles. The van der Waals surface area contributed by atoms with E-state index in [9.17, 15) is 9.59 Å². The first kappa shape index (κ1) is 22.0. The molecule has 0 radical (unpaired) electrons. The van der Waals surface area contributed by atoms with Crippen molar-refractivity contribution in [2.75, 3.05) is 14.1 Å². The van der Waals surface area contributed by atoms with Gasteiger partial charge in [-0.25, -0.2) is 0 Å². The summed E-state index contributed by atoms with van der Waals surface area (Å²) < 4.78 is 0. The number of amides is 2. The van der Waals surface area contributed by atoms with Gasteiger partial charge in [0.05, 0.1) is 4.91 Å². The number of halogens is 1. The van der Waals surface area contributed by atoms with Gasteiger partial charge in [-0.3, -0.25) is 9.59 Å². The van der Waals surface area contributed by atoms with Crippen molar-refractivity contribution in [3.63, 3.8) is 0 Å². The molecule has 1 aliphatic heterocycles. The molecule has 0 aromatic heterocycles. The van der Waals surface area contributed by atoms with Gasteiger partial charge in [-0.15, -0.1) is 11.8 Å². The number of carbonyl (C=O) groups excluding carboxylic acids is 2. The number of hydrogen-bond donors (Lipinski definition) is 0. The normalized spacial score (nSPS) is 24.7. The number of carbonyl (C=O) groups is 2. The van der Waals surface area contributed by atoms with Crippen LogP contribution in [0.2, 0.25) is 5.02 Å². The molecule has 0 bridgehead atoms. The van der Waals surface area contributed by atoms with Crippen molar-refractivity contribution in [1.82, 2.24) is 9.80 Å². The van der Waals surface area contributed by atoms with Gasteiger partial charge in [-0.05, 0) is 42.5 Å². The highest BCUT2D eigenvalue weighted by Gasteiger charge is 2.43. The first-order valence-corrected chi connectivity index (χ1v) is 11.9. The molecule has 6 heteroatoms. The summed E-state index contributed by atoms with van der Waals surface area (Å²) in [5.41, 5.74) is 1.99. The predicted molar refractivity (Wildman–Crippen MR) is 128 cm³/mol. The molecule has 3 unspecified atom stereocenters. The molecule has 1 saturated carbocycles. The highest BCUT2D eigenvalue weighted by molar-refractivity contribution is 8.04. The molecule has 0 spiro atoms. The first-order valence-electron chi connectivity index (χ1n) is 10.6. The topological polar surface area (TPSA) is 40.6 Å². The second-order valence-electron chi connectivity index (χ2n) is 8.36. The van der Waals surface area contributed by atoms with Gasteiger partial charge in [0, 0.05) is 42.9 Å². The summed E-state index contributed by atoms with van der Waals surface area (Å²) in [6.07, 6.45) is 4.39. The largest absolute Gasteiger partial charge is 0.341 e. The van der Waals surface area contributed by atoms with E-state index in [0.717, 1.165) is 35.3 Å². The third kappa shape index (κ3) is 4.83. The molecule has 3 atom stereocenters. The molecule has 4 nitrogen and oxygen atoms in total. The van der Waals surface area contributed by atoms with Gasteiger partial charge in [-0.1, -0.05) is 60.1 Å². The van der Waals surface area contributed by atoms with Gasteiger partial charge in [0.15, 0.2) is 0 Å². The summed E-state index contributed by atoms with van der Waals surface area (Å²) in [7, 11) is 3.73. The number of benzene rings is 2. The molecule has 2 aromatic rings. The van der Waals surface area contributed by atoms with Crippen LogP contribution in [0.4, 0.5) is 0 Å². The molecular weight excluding hydrogens is 428 g/mol. The highest BCUT2D eigenvalue weighted by atomic mass is 35.5. The van der Waals surface area contributed by atoms with Crippen molar-refractivity contribution in [2.45, 2.75) is 37.1 Å². The molecule has 1 saturated heterocycles. The number of hydrogen-bond acceptors (Lipinski definition) is 3. The van der Waals surface area contributed by atoms with Crippen LogP contribution in [0, 0.1) is 5.92 Å². The molecule has 2 aliphatic rings. The summed E-state index contributed by atoms with van der Waals surface area (Å²) in [4.78, 5) is 30.5. The van der Waals surface area contributed by atoms with Gasteiger partial charge in [-0.2, -0.15) is 0 Å². The standard InChI is InChI=1S/C25H27ClN2O2S/c1-27(16-17-8-4-3-5-9-17)24(29)19-12-13-22-21(14-19)28(2)25(30)23(31-22)15-18-10-6-7-11-20(18)26/h3-11,15,19,21-22H,12-14,16H2,1-2H3/b23-15-. The fourth-order valence-corrected chi connectivity index (χ4v) is 6.16. The smallest absolute Gasteiger partial charge is 0.260 e. The lowest BCUT2D eigenvalue weighted by molar-refractivity contribution is -0.138. The lowest BCUT2D eigenvalue weighted by atomic mass is 9.83. The van der Waals surface area contributed by atoms with Crippen molar-refractivity contribution < 1.29 is 9.59 Å². The SMILES string of the molecule is CN(Cc1ccccc1)C(=O)C1CCC2S/C(=C\c3ccccc3Cl)C(=O)N(C)C2C1. The van der Waals surface area contributed by atoms with E-state index < -0.39 is 0 Å². The number of rotatable bonds is 4. The fourth-order valence-electron chi connectivity index (χ4n) is 4.50.